The van der Waals surface area contributed by atoms with Crippen LogP contribution in [0.2, 0.25) is 0 Å². The summed E-state index contributed by atoms with van der Waals surface area (Å²) in [6.45, 7) is 7.33. The van der Waals surface area contributed by atoms with Gasteiger partial charge in [-0.15, -0.1) is 0 Å². The first-order valence-corrected chi connectivity index (χ1v) is 8.74. The SMILES string of the molecule is CC[C@@H]1CCC=CN1C(=N[C@H](COC)C(C)C)c1ccccc1. The minimum Gasteiger partial charge on any atom is -0.382 e. The van der Waals surface area contributed by atoms with Gasteiger partial charge in [-0.1, -0.05) is 57.2 Å². The lowest BCUT2D eigenvalue weighted by Gasteiger charge is -2.34. The number of nitrogens with zero attached hydrogens (tertiary/aromatic N) is 2. The molecule has 0 fully saturated rings. The third-order valence-corrected chi connectivity index (χ3v) is 4.47. The lowest BCUT2D eigenvalue weighted by Crippen LogP contribution is -2.39. The van der Waals surface area contributed by atoms with E-state index in [2.05, 4.69) is 68.3 Å². The first-order valence-electron chi connectivity index (χ1n) is 8.74. The highest BCUT2D eigenvalue weighted by Gasteiger charge is 2.24. The Morgan fingerprint density at radius 2 is 2.04 bits per heavy atom. The molecule has 0 radical (unpaired) electrons. The Morgan fingerprint density at radius 3 is 2.65 bits per heavy atom. The molecule has 0 N–H and O–H groups in total. The van der Waals surface area contributed by atoms with Gasteiger partial charge in [0.25, 0.3) is 0 Å². The maximum atomic E-state index is 5.40. The number of aliphatic imine (C=N–C) groups is 1. The number of methoxy groups -OCH3 is 1. The zero-order valence-corrected chi connectivity index (χ0v) is 14.9. The van der Waals surface area contributed by atoms with Crippen LogP contribution in [0.4, 0.5) is 0 Å². The summed E-state index contributed by atoms with van der Waals surface area (Å²) in [6, 6.07) is 11.2. The van der Waals surface area contributed by atoms with Gasteiger partial charge in [-0.3, -0.25) is 4.99 Å². The van der Waals surface area contributed by atoms with Crippen molar-refractivity contribution in [1.82, 2.24) is 4.90 Å². The van der Waals surface area contributed by atoms with Crippen molar-refractivity contribution >= 4 is 5.84 Å². The Kier molecular flexibility index (Phi) is 6.85. The Bertz CT molecular complexity index is 522. The van der Waals surface area contributed by atoms with Gasteiger partial charge in [0.05, 0.1) is 12.6 Å². The third-order valence-electron chi connectivity index (χ3n) is 4.47. The zero-order chi connectivity index (χ0) is 16.7. The van der Waals surface area contributed by atoms with Crippen LogP contribution in [0, 0.1) is 5.92 Å². The van der Waals surface area contributed by atoms with E-state index in [1.54, 1.807) is 7.11 Å². The summed E-state index contributed by atoms with van der Waals surface area (Å²) >= 11 is 0. The molecular formula is C20H30N2O. The van der Waals surface area contributed by atoms with Gasteiger partial charge >= 0.3 is 0 Å². The molecule has 1 heterocycles. The molecule has 0 saturated heterocycles. The van der Waals surface area contributed by atoms with E-state index in [0.717, 1.165) is 18.7 Å². The lowest BCUT2D eigenvalue weighted by molar-refractivity contribution is 0.164. The second-order valence-electron chi connectivity index (χ2n) is 6.52. The minimum atomic E-state index is 0.169. The topological polar surface area (TPSA) is 24.8 Å². The fourth-order valence-electron chi connectivity index (χ4n) is 2.97. The van der Waals surface area contributed by atoms with Crippen LogP contribution in [-0.2, 0) is 4.74 Å². The maximum absolute atomic E-state index is 5.40. The summed E-state index contributed by atoms with van der Waals surface area (Å²) in [5.74, 6) is 1.52. The van der Waals surface area contributed by atoms with Crippen molar-refractivity contribution in [3.8, 4) is 0 Å². The predicted octanol–water partition coefficient (Wildman–Crippen LogP) is 4.49. The molecule has 0 saturated carbocycles. The van der Waals surface area contributed by atoms with E-state index in [4.69, 9.17) is 9.73 Å². The largest absolute Gasteiger partial charge is 0.382 e. The third kappa shape index (κ3) is 4.68. The van der Waals surface area contributed by atoms with Gasteiger partial charge in [0.1, 0.15) is 5.84 Å². The van der Waals surface area contributed by atoms with E-state index in [-0.39, 0.29) is 6.04 Å². The van der Waals surface area contributed by atoms with Crippen molar-refractivity contribution in [2.24, 2.45) is 10.9 Å². The van der Waals surface area contributed by atoms with Crippen molar-refractivity contribution in [3.05, 3.63) is 48.2 Å². The summed E-state index contributed by atoms with van der Waals surface area (Å²) < 4.78 is 5.40. The first kappa shape index (κ1) is 17.7. The van der Waals surface area contributed by atoms with Crippen LogP contribution in [-0.4, -0.2) is 36.5 Å². The smallest absolute Gasteiger partial charge is 0.135 e. The van der Waals surface area contributed by atoms with E-state index in [0.29, 0.717) is 18.6 Å². The molecule has 1 aliphatic rings. The molecule has 0 bridgehead atoms. The standard InChI is InChI=1S/C20H30N2O/c1-5-18-13-9-10-14-22(18)20(17-11-7-6-8-12-17)21-19(15-23-4)16(2)3/h6-8,10-12,14,16,18-19H,5,9,13,15H2,1-4H3/t18-,19-/m1/s1. The number of hydrogen-bond acceptors (Lipinski definition) is 2. The van der Waals surface area contributed by atoms with Crippen LogP contribution in [0.5, 0.6) is 0 Å². The monoisotopic (exact) mass is 314 g/mol. The van der Waals surface area contributed by atoms with Crippen molar-refractivity contribution in [3.63, 3.8) is 0 Å². The summed E-state index contributed by atoms with van der Waals surface area (Å²) in [4.78, 5) is 7.49. The zero-order valence-electron chi connectivity index (χ0n) is 14.9. The molecule has 1 aliphatic heterocycles. The van der Waals surface area contributed by atoms with Gasteiger partial charge in [-0.05, 0) is 25.2 Å². The van der Waals surface area contributed by atoms with Crippen LogP contribution in [0.1, 0.15) is 45.6 Å². The summed E-state index contributed by atoms with van der Waals surface area (Å²) in [5.41, 5.74) is 1.18. The second kappa shape index (κ2) is 8.88. The second-order valence-corrected chi connectivity index (χ2v) is 6.52. The van der Waals surface area contributed by atoms with Crippen molar-refractivity contribution in [1.29, 1.82) is 0 Å². The number of rotatable bonds is 6. The molecule has 3 nitrogen and oxygen atoms in total. The normalized spacial score (nSPS) is 20.1. The number of benzene rings is 1. The molecule has 126 valence electrons. The molecule has 0 spiro atoms. The van der Waals surface area contributed by atoms with E-state index in [1.807, 2.05) is 0 Å². The maximum Gasteiger partial charge on any atom is 0.135 e. The fraction of sp³-hybridized carbons (Fsp3) is 0.550. The van der Waals surface area contributed by atoms with Crippen LogP contribution in [0.3, 0.4) is 0 Å². The first-order chi connectivity index (χ1) is 11.2. The minimum absolute atomic E-state index is 0.169. The molecule has 1 aromatic carbocycles. The Hall–Kier alpha value is -1.61. The molecule has 1 aromatic rings. The number of hydrogen-bond donors (Lipinski definition) is 0. The van der Waals surface area contributed by atoms with Gasteiger partial charge in [0.2, 0.25) is 0 Å². The molecule has 3 heteroatoms. The van der Waals surface area contributed by atoms with Crippen molar-refractivity contribution in [2.75, 3.05) is 13.7 Å². The number of amidine groups is 1. The van der Waals surface area contributed by atoms with Crippen LogP contribution >= 0.6 is 0 Å². The summed E-state index contributed by atoms with van der Waals surface area (Å²) in [7, 11) is 1.75. The molecule has 0 unspecified atom stereocenters. The van der Waals surface area contributed by atoms with Crippen molar-refractivity contribution in [2.45, 2.75) is 52.1 Å². The highest BCUT2D eigenvalue weighted by Crippen LogP contribution is 2.22. The van der Waals surface area contributed by atoms with Crippen LogP contribution in [0.15, 0.2) is 47.6 Å². The quantitative estimate of drug-likeness (QED) is 0.571. The Balaban J connectivity index is 2.43. The summed E-state index contributed by atoms with van der Waals surface area (Å²) in [6.07, 6.45) is 7.95. The molecule has 0 aliphatic carbocycles. The molecule has 0 amide bonds. The highest BCUT2D eigenvalue weighted by molar-refractivity contribution is 5.99. The fourth-order valence-corrected chi connectivity index (χ4v) is 2.97. The average molecular weight is 314 g/mol. The number of allylic oxidation sites excluding steroid dienone is 1. The van der Waals surface area contributed by atoms with Gasteiger partial charge in [-0.2, -0.15) is 0 Å². The summed E-state index contributed by atoms with van der Waals surface area (Å²) in [5, 5.41) is 0. The average Bonchev–Trinajstić information content (AvgIpc) is 2.59. The Labute approximate surface area is 141 Å². The van der Waals surface area contributed by atoms with E-state index in [9.17, 15) is 0 Å². The van der Waals surface area contributed by atoms with Gasteiger partial charge in [-0.25, -0.2) is 0 Å². The number of ether oxygens (including phenoxy) is 1. The molecule has 0 aromatic heterocycles. The van der Waals surface area contributed by atoms with Crippen LogP contribution < -0.4 is 0 Å². The highest BCUT2D eigenvalue weighted by atomic mass is 16.5. The molecular weight excluding hydrogens is 284 g/mol. The van der Waals surface area contributed by atoms with Gasteiger partial charge in [0.15, 0.2) is 0 Å². The molecule has 2 atom stereocenters. The lowest BCUT2D eigenvalue weighted by atomic mass is 10.0. The van der Waals surface area contributed by atoms with E-state index in [1.165, 1.54) is 12.0 Å². The molecule has 23 heavy (non-hydrogen) atoms. The van der Waals surface area contributed by atoms with Gasteiger partial charge in [0, 0.05) is 24.9 Å². The van der Waals surface area contributed by atoms with E-state index >= 15 is 0 Å². The van der Waals surface area contributed by atoms with Gasteiger partial charge < -0.3 is 9.64 Å². The molecule has 2 rings (SSSR count). The van der Waals surface area contributed by atoms with Crippen LogP contribution in [0.25, 0.3) is 0 Å². The Morgan fingerprint density at radius 1 is 1.30 bits per heavy atom. The van der Waals surface area contributed by atoms with E-state index < -0.39 is 0 Å². The predicted molar refractivity (Wildman–Crippen MR) is 97.8 cm³/mol. The van der Waals surface area contributed by atoms with Crippen molar-refractivity contribution < 1.29 is 4.74 Å².